The van der Waals surface area contributed by atoms with E-state index < -0.39 is 0 Å². The molecule has 130 valence electrons. The van der Waals surface area contributed by atoms with E-state index in [1.165, 1.54) is 19.1 Å². The number of ether oxygens (including phenoxy) is 2. The quantitative estimate of drug-likeness (QED) is 0.733. The Kier molecular flexibility index (Phi) is 4.15. The first kappa shape index (κ1) is 16.4. The molecule has 3 heterocycles. The van der Waals surface area contributed by atoms with Crippen molar-refractivity contribution >= 4 is 33.2 Å². The highest BCUT2D eigenvalue weighted by molar-refractivity contribution is 7.18. The van der Waals surface area contributed by atoms with Gasteiger partial charge in [0.25, 0.3) is 5.56 Å². The minimum absolute atomic E-state index is 0.120. The second kappa shape index (κ2) is 6.33. The third kappa shape index (κ3) is 2.68. The van der Waals surface area contributed by atoms with E-state index >= 15 is 0 Å². The van der Waals surface area contributed by atoms with Gasteiger partial charge < -0.3 is 19.8 Å². The average Bonchev–Trinajstić information content (AvgIpc) is 2.99. The highest BCUT2D eigenvalue weighted by Crippen LogP contribution is 2.39. The van der Waals surface area contributed by atoms with Crippen LogP contribution in [0, 0.1) is 0 Å². The predicted octanol–water partition coefficient (Wildman–Crippen LogP) is 2.97. The predicted molar refractivity (Wildman–Crippen MR) is 99.2 cm³/mol. The summed E-state index contributed by atoms with van der Waals surface area (Å²) in [5, 5.41) is 4.43. The fourth-order valence-electron chi connectivity index (χ4n) is 3.12. The first-order valence-corrected chi connectivity index (χ1v) is 8.99. The number of halogens is 1. The number of fused-ring (bicyclic) bond motifs is 3. The number of thiophene rings is 1. The normalized spacial score (nSPS) is 13.7. The zero-order valence-electron chi connectivity index (χ0n) is 13.7. The molecule has 0 atom stereocenters. The van der Waals surface area contributed by atoms with Gasteiger partial charge in [-0.25, -0.2) is 4.98 Å². The van der Waals surface area contributed by atoms with Gasteiger partial charge in [0, 0.05) is 17.0 Å². The molecule has 4 rings (SSSR count). The molecule has 2 N–H and O–H groups in total. The summed E-state index contributed by atoms with van der Waals surface area (Å²) in [6.45, 7) is 1.67. The van der Waals surface area contributed by atoms with Gasteiger partial charge in [-0.1, -0.05) is 11.6 Å². The molecule has 0 fully saturated rings. The number of H-pyrrole nitrogens is 1. The molecule has 0 aliphatic carbocycles. The van der Waals surface area contributed by atoms with Crippen LogP contribution in [0.2, 0.25) is 5.02 Å². The van der Waals surface area contributed by atoms with E-state index in [0.717, 1.165) is 29.9 Å². The zero-order valence-corrected chi connectivity index (χ0v) is 15.3. The van der Waals surface area contributed by atoms with E-state index in [0.29, 0.717) is 33.3 Å². The van der Waals surface area contributed by atoms with Crippen molar-refractivity contribution in [1.82, 2.24) is 15.3 Å². The summed E-state index contributed by atoms with van der Waals surface area (Å²) in [5.41, 5.74) is 1.67. The van der Waals surface area contributed by atoms with Gasteiger partial charge in [0.05, 0.1) is 24.6 Å². The highest BCUT2D eigenvalue weighted by atomic mass is 35.5. The molecule has 25 heavy (non-hydrogen) atoms. The molecule has 1 aromatic carbocycles. The molecule has 6 nitrogen and oxygen atoms in total. The number of benzene rings is 1. The van der Waals surface area contributed by atoms with Crippen LogP contribution in [0.15, 0.2) is 16.9 Å². The lowest BCUT2D eigenvalue weighted by molar-refractivity contribution is 0.355. The van der Waals surface area contributed by atoms with Gasteiger partial charge in [0.2, 0.25) is 0 Å². The molecule has 0 spiro atoms. The standard InChI is InChI=1S/C17H16ClN3O3S/c1-23-11-6-8(5-10(18)14(11)24-2)15-20-16(22)13-9-3-4-19-7-12(9)25-17(13)21-15/h5-6,19H,3-4,7H2,1-2H3,(H,20,21,22). The highest BCUT2D eigenvalue weighted by Gasteiger charge is 2.20. The molecule has 8 heteroatoms. The molecule has 1 aliphatic rings. The number of hydrogen-bond donors (Lipinski definition) is 2. The SMILES string of the molecule is COc1cc(-c2nc3sc4c(c3c(=O)[nH]2)CCNC4)cc(Cl)c1OC. The number of nitrogens with one attached hydrogen (secondary N) is 2. The van der Waals surface area contributed by atoms with Gasteiger partial charge in [-0.3, -0.25) is 4.79 Å². The Labute approximate surface area is 152 Å². The van der Waals surface area contributed by atoms with E-state index in [-0.39, 0.29) is 5.56 Å². The zero-order chi connectivity index (χ0) is 17.6. The van der Waals surface area contributed by atoms with Crippen LogP contribution in [0.25, 0.3) is 21.6 Å². The van der Waals surface area contributed by atoms with Crippen LogP contribution in [-0.2, 0) is 13.0 Å². The number of aromatic nitrogens is 2. The van der Waals surface area contributed by atoms with E-state index in [9.17, 15) is 4.79 Å². The fraction of sp³-hybridized carbons (Fsp3) is 0.294. The smallest absolute Gasteiger partial charge is 0.260 e. The first-order chi connectivity index (χ1) is 12.1. The molecular weight excluding hydrogens is 362 g/mol. The third-order valence-corrected chi connectivity index (χ3v) is 5.70. The van der Waals surface area contributed by atoms with Gasteiger partial charge in [-0.15, -0.1) is 11.3 Å². The summed E-state index contributed by atoms with van der Waals surface area (Å²) in [6.07, 6.45) is 0.849. The van der Waals surface area contributed by atoms with Crippen LogP contribution >= 0.6 is 22.9 Å². The maximum atomic E-state index is 12.7. The van der Waals surface area contributed by atoms with Gasteiger partial charge in [0.15, 0.2) is 11.5 Å². The molecule has 0 radical (unpaired) electrons. The van der Waals surface area contributed by atoms with E-state index in [1.54, 1.807) is 23.5 Å². The summed E-state index contributed by atoms with van der Waals surface area (Å²) in [5.74, 6) is 1.41. The van der Waals surface area contributed by atoms with Crippen molar-refractivity contribution < 1.29 is 9.47 Å². The van der Waals surface area contributed by atoms with Gasteiger partial charge in [-0.05, 0) is 30.7 Å². The van der Waals surface area contributed by atoms with Crippen LogP contribution in [0.5, 0.6) is 11.5 Å². The fourth-order valence-corrected chi connectivity index (χ4v) is 4.60. The van der Waals surface area contributed by atoms with Crippen LogP contribution < -0.4 is 20.3 Å². The number of nitrogens with zero attached hydrogens (tertiary/aromatic N) is 1. The molecule has 0 saturated heterocycles. The van der Waals surface area contributed by atoms with Crippen molar-refractivity contribution in [2.75, 3.05) is 20.8 Å². The van der Waals surface area contributed by atoms with Crippen molar-refractivity contribution in [3.05, 3.63) is 37.9 Å². The van der Waals surface area contributed by atoms with Crippen LogP contribution in [0.3, 0.4) is 0 Å². The maximum absolute atomic E-state index is 12.7. The van der Waals surface area contributed by atoms with Crippen molar-refractivity contribution in [2.24, 2.45) is 0 Å². The molecule has 0 bridgehead atoms. The summed E-state index contributed by atoms with van der Waals surface area (Å²) < 4.78 is 10.6. The average molecular weight is 378 g/mol. The van der Waals surface area contributed by atoms with Crippen molar-refractivity contribution in [1.29, 1.82) is 0 Å². The third-order valence-electron chi connectivity index (χ3n) is 4.29. The van der Waals surface area contributed by atoms with E-state index in [1.807, 2.05) is 0 Å². The van der Waals surface area contributed by atoms with Gasteiger partial charge in [-0.2, -0.15) is 0 Å². The van der Waals surface area contributed by atoms with E-state index in [4.69, 9.17) is 21.1 Å². The Bertz CT molecular complexity index is 1030. The monoisotopic (exact) mass is 377 g/mol. The lowest BCUT2D eigenvalue weighted by Gasteiger charge is -2.12. The lowest BCUT2D eigenvalue weighted by Crippen LogP contribution is -2.23. The Morgan fingerprint density at radius 1 is 1.28 bits per heavy atom. The largest absolute Gasteiger partial charge is 0.493 e. The first-order valence-electron chi connectivity index (χ1n) is 7.79. The van der Waals surface area contributed by atoms with Crippen molar-refractivity contribution in [3.63, 3.8) is 0 Å². The Hall–Kier alpha value is -2.09. The minimum Gasteiger partial charge on any atom is -0.493 e. The lowest BCUT2D eigenvalue weighted by atomic mass is 10.1. The number of methoxy groups -OCH3 is 2. The van der Waals surface area contributed by atoms with Crippen molar-refractivity contribution in [3.8, 4) is 22.9 Å². The van der Waals surface area contributed by atoms with Crippen LogP contribution in [0.1, 0.15) is 10.4 Å². The molecular formula is C17H16ClN3O3S. The number of hydrogen-bond acceptors (Lipinski definition) is 6. The van der Waals surface area contributed by atoms with Crippen molar-refractivity contribution in [2.45, 2.75) is 13.0 Å². The Balaban J connectivity index is 1.91. The second-order valence-corrected chi connectivity index (χ2v) is 7.21. The number of rotatable bonds is 3. The molecule has 2 aromatic heterocycles. The summed E-state index contributed by atoms with van der Waals surface area (Å²) in [4.78, 5) is 22.1. The van der Waals surface area contributed by atoms with Gasteiger partial charge >= 0.3 is 0 Å². The molecule has 0 saturated carbocycles. The molecule has 3 aromatic rings. The van der Waals surface area contributed by atoms with E-state index in [2.05, 4.69) is 15.3 Å². The summed E-state index contributed by atoms with van der Waals surface area (Å²) >= 11 is 7.84. The second-order valence-electron chi connectivity index (χ2n) is 5.72. The minimum atomic E-state index is -0.120. The molecule has 0 amide bonds. The topological polar surface area (TPSA) is 76.2 Å². The Morgan fingerprint density at radius 2 is 2.12 bits per heavy atom. The molecule has 0 unspecified atom stereocenters. The van der Waals surface area contributed by atoms with Crippen LogP contribution in [0.4, 0.5) is 0 Å². The number of aromatic amines is 1. The summed E-state index contributed by atoms with van der Waals surface area (Å²) in [6, 6.07) is 3.46. The van der Waals surface area contributed by atoms with Gasteiger partial charge in [0.1, 0.15) is 10.7 Å². The maximum Gasteiger partial charge on any atom is 0.260 e. The summed E-state index contributed by atoms with van der Waals surface area (Å²) in [7, 11) is 3.07. The van der Waals surface area contributed by atoms with Crippen LogP contribution in [-0.4, -0.2) is 30.7 Å². The Morgan fingerprint density at radius 3 is 2.88 bits per heavy atom. The molecule has 1 aliphatic heterocycles.